The van der Waals surface area contributed by atoms with Crippen molar-refractivity contribution in [1.82, 2.24) is 5.32 Å². The summed E-state index contributed by atoms with van der Waals surface area (Å²) in [6.45, 7) is 5.28. The minimum Gasteiger partial charge on any atom is -0.497 e. The van der Waals surface area contributed by atoms with Gasteiger partial charge in [0.05, 0.1) is 32.5 Å². The molecule has 1 N–H and O–H groups in total. The van der Waals surface area contributed by atoms with Crippen LogP contribution in [0.25, 0.3) is 0 Å². The van der Waals surface area contributed by atoms with Gasteiger partial charge in [0.15, 0.2) is 0 Å². The number of rotatable bonds is 6. The van der Waals surface area contributed by atoms with Crippen molar-refractivity contribution < 1.29 is 14.2 Å². The van der Waals surface area contributed by atoms with Crippen LogP contribution in [0, 0.1) is 0 Å². The molecule has 106 valence electrons. The van der Waals surface area contributed by atoms with Gasteiger partial charge >= 0.3 is 0 Å². The molecule has 1 aliphatic heterocycles. The number of ether oxygens (including phenoxy) is 3. The number of methoxy groups -OCH3 is 1. The minimum absolute atomic E-state index is 0.180. The maximum Gasteiger partial charge on any atom is 0.118 e. The normalized spacial score (nSPS) is 23.3. The fourth-order valence-electron chi connectivity index (χ4n) is 2.17. The molecule has 4 nitrogen and oxygen atoms in total. The number of morpholine rings is 1. The highest BCUT2D eigenvalue weighted by molar-refractivity contribution is 5.27. The zero-order valence-corrected chi connectivity index (χ0v) is 11.7. The molecule has 1 saturated heterocycles. The first kappa shape index (κ1) is 14.3. The van der Waals surface area contributed by atoms with Crippen LogP contribution in [0.3, 0.4) is 0 Å². The molecule has 0 aliphatic carbocycles. The molecule has 1 aliphatic rings. The van der Waals surface area contributed by atoms with Gasteiger partial charge < -0.3 is 19.5 Å². The molecule has 1 aromatic carbocycles. The van der Waals surface area contributed by atoms with E-state index in [-0.39, 0.29) is 12.2 Å². The maximum atomic E-state index is 5.76. The van der Waals surface area contributed by atoms with Crippen LogP contribution in [0.15, 0.2) is 24.3 Å². The second-order valence-electron chi connectivity index (χ2n) is 4.90. The van der Waals surface area contributed by atoms with E-state index < -0.39 is 0 Å². The summed E-state index contributed by atoms with van der Waals surface area (Å²) in [5, 5.41) is 3.34. The van der Waals surface area contributed by atoms with Gasteiger partial charge in [-0.25, -0.2) is 0 Å². The van der Waals surface area contributed by atoms with Crippen molar-refractivity contribution >= 4 is 0 Å². The molecule has 0 aromatic heterocycles. The Labute approximate surface area is 115 Å². The van der Waals surface area contributed by atoms with Gasteiger partial charge in [0.2, 0.25) is 0 Å². The summed E-state index contributed by atoms with van der Waals surface area (Å²) in [7, 11) is 1.68. The Morgan fingerprint density at radius 2 is 2.05 bits per heavy atom. The smallest absolute Gasteiger partial charge is 0.118 e. The Kier molecular flexibility index (Phi) is 5.63. The van der Waals surface area contributed by atoms with Crippen molar-refractivity contribution in [3.8, 4) is 5.75 Å². The van der Waals surface area contributed by atoms with E-state index in [0.29, 0.717) is 6.61 Å². The van der Waals surface area contributed by atoms with Gasteiger partial charge in [0, 0.05) is 13.1 Å². The van der Waals surface area contributed by atoms with Crippen LogP contribution in [0.1, 0.15) is 12.5 Å². The summed E-state index contributed by atoms with van der Waals surface area (Å²) >= 11 is 0. The lowest BCUT2D eigenvalue weighted by Crippen LogP contribution is -2.45. The van der Waals surface area contributed by atoms with Crippen LogP contribution in [-0.2, 0) is 15.9 Å². The van der Waals surface area contributed by atoms with Crippen LogP contribution in [-0.4, -0.2) is 45.6 Å². The maximum absolute atomic E-state index is 5.76. The monoisotopic (exact) mass is 265 g/mol. The molecular weight excluding hydrogens is 242 g/mol. The third-order valence-electron chi connectivity index (χ3n) is 3.23. The number of hydrogen-bond donors (Lipinski definition) is 1. The summed E-state index contributed by atoms with van der Waals surface area (Å²) in [4.78, 5) is 0. The lowest BCUT2D eigenvalue weighted by atomic mass is 10.1. The highest BCUT2D eigenvalue weighted by atomic mass is 16.5. The van der Waals surface area contributed by atoms with E-state index in [1.54, 1.807) is 7.11 Å². The average Bonchev–Trinajstić information content (AvgIpc) is 2.44. The van der Waals surface area contributed by atoms with Gasteiger partial charge in [0.25, 0.3) is 0 Å². The van der Waals surface area contributed by atoms with E-state index in [1.165, 1.54) is 5.56 Å². The summed E-state index contributed by atoms with van der Waals surface area (Å²) in [5.74, 6) is 0.889. The zero-order valence-electron chi connectivity index (χ0n) is 11.7. The second-order valence-corrected chi connectivity index (χ2v) is 4.90. The molecule has 0 spiro atoms. The van der Waals surface area contributed by atoms with Gasteiger partial charge in [-0.05, 0) is 31.0 Å². The minimum atomic E-state index is 0.180. The van der Waals surface area contributed by atoms with Crippen LogP contribution in [0.4, 0.5) is 0 Å². The molecule has 0 amide bonds. The van der Waals surface area contributed by atoms with Crippen molar-refractivity contribution in [2.45, 2.75) is 25.6 Å². The fraction of sp³-hybridized carbons (Fsp3) is 0.600. The Balaban J connectivity index is 1.63. The Morgan fingerprint density at radius 1 is 1.26 bits per heavy atom. The third kappa shape index (κ3) is 4.82. The molecule has 2 rings (SSSR count). The fourth-order valence-corrected chi connectivity index (χ4v) is 2.17. The lowest BCUT2D eigenvalue weighted by Gasteiger charge is -2.28. The first-order chi connectivity index (χ1) is 9.28. The van der Waals surface area contributed by atoms with Gasteiger partial charge in [-0.3, -0.25) is 0 Å². The Bertz CT molecular complexity index is 366. The number of nitrogens with one attached hydrogen (secondary N) is 1. The standard InChI is InChI=1S/C15H23NO3/c1-12-9-16-10-15(19-12)11-18-8-7-13-3-5-14(17-2)6-4-13/h3-6,12,15-16H,7-11H2,1-2H3. The van der Waals surface area contributed by atoms with Crippen LogP contribution >= 0.6 is 0 Å². The van der Waals surface area contributed by atoms with Crippen LogP contribution < -0.4 is 10.1 Å². The highest BCUT2D eigenvalue weighted by Crippen LogP contribution is 2.11. The summed E-state index contributed by atoms with van der Waals surface area (Å²) < 4.78 is 16.6. The molecule has 19 heavy (non-hydrogen) atoms. The van der Waals surface area contributed by atoms with Gasteiger partial charge in [-0.15, -0.1) is 0 Å². The predicted octanol–water partition coefficient (Wildman–Crippen LogP) is 1.63. The van der Waals surface area contributed by atoms with E-state index in [4.69, 9.17) is 14.2 Å². The topological polar surface area (TPSA) is 39.7 Å². The van der Waals surface area contributed by atoms with Crippen molar-refractivity contribution in [3.05, 3.63) is 29.8 Å². The van der Waals surface area contributed by atoms with Gasteiger partial charge in [-0.1, -0.05) is 12.1 Å². The van der Waals surface area contributed by atoms with E-state index in [0.717, 1.165) is 31.9 Å². The number of hydrogen-bond acceptors (Lipinski definition) is 4. The molecule has 4 heteroatoms. The molecule has 2 atom stereocenters. The molecule has 2 unspecified atom stereocenters. The highest BCUT2D eigenvalue weighted by Gasteiger charge is 2.18. The Morgan fingerprint density at radius 3 is 2.74 bits per heavy atom. The second kappa shape index (κ2) is 7.48. The predicted molar refractivity (Wildman–Crippen MR) is 74.7 cm³/mol. The van der Waals surface area contributed by atoms with E-state index in [9.17, 15) is 0 Å². The third-order valence-corrected chi connectivity index (χ3v) is 3.23. The van der Waals surface area contributed by atoms with Gasteiger partial charge in [0.1, 0.15) is 5.75 Å². The molecular formula is C15H23NO3. The summed E-state index contributed by atoms with van der Waals surface area (Å²) in [6, 6.07) is 8.10. The first-order valence-corrected chi connectivity index (χ1v) is 6.85. The van der Waals surface area contributed by atoms with Crippen molar-refractivity contribution in [1.29, 1.82) is 0 Å². The zero-order chi connectivity index (χ0) is 13.5. The van der Waals surface area contributed by atoms with Crippen molar-refractivity contribution in [2.24, 2.45) is 0 Å². The SMILES string of the molecule is COc1ccc(CCOCC2CNCC(C)O2)cc1. The van der Waals surface area contributed by atoms with Crippen LogP contribution in [0.2, 0.25) is 0 Å². The number of benzene rings is 1. The Hall–Kier alpha value is -1.10. The summed E-state index contributed by atoms with van der Waals surface area (Å²) in [6.07, 6.45) is 1.38. The van der Waals surface area contributed by atoms with Gasteiger partial charge in [-0.2, -0.15) is 0 Å². The molecule has 1 heterocycles. The molecule has 1 fully saturated rings. The van der Waals surface area contributed by atoms with Crippen molar-refractivity contribution in [2.75, 3.05) is 33.4 Å². The molecule has 0 bridgehead atoms. The summed E-state index contributed by atoms with van der Waals surface area (Å²) in [5.41, 5.74) is 1.26. The van der Waals surface area contributed by atoms with Crippen LogP contribution in [0.5, 0.6) is 5.75 Å². The van der Waals surface area contributed by atoms with E-state index in [1.807, 2.05) is 12.1 Å². The lowest BCUT2D eigenvalue weighted by molar-refractivity contribution is -0.0681. The average molecular weight is 265 g/mol. The molecule has 0 saturated carbocycles. The van der Waals surface area contributed by atoms with Crippen molar-refractivity contribution in [3.63, 3.8) is 0 Å². The van der Waals surface area contributed by atoms with E-state index >= 15 is 0 Å². The first-order valence-electron chi connectivity index (χ1n) is 6.85. The van der Waals surface area contributed by atoms with E-state index in [2.05, 4.69) is 24.4 Å². The molecule has 1 aromatic rings. The molecule has 0 radical (unpaired) electrons. The largest absolute Gasteiger partial charge is 0.497 e. The quantitative estimate of drug-likeness (QED) is 0.794.